The first kappa shape index (κ1) is 16.9. The van der Waals surface area contributed by atoms with E-state index in [1.807, 2.05) is 0 Å². The molecule has 1 amide bonds. The van der Waals surface area contributed by atoms with E-state index in [-0.39, 0.29) is 24.2 Å². The molecule has 1 atom stereocenters. The summed E-state index contributed by atoms with van der Waals surface area (Å²) in [6, 6.07) is 7.14. The van der Waals surface area contributed by atoms with Crippen LogP contribution in [0, 0.1) is 0 Å². The van der Waals surface area contributed by atoms with Crippen LogP contribution < -0.4 is 10.6 Å². The molecule has 3 rings (SSSR count). The Balaban J connectivity index is 1.55. The second-order valence-electron chi connectivity index (χ2n) is 5.84. The summed E-state index contributed by atoms with van der Waals surface area (Å²) >= 11 is 5.82. The molecule has 1 fully saturated rings. The Hall–Kier alpha value is -1.96. The van der Waals surface area contributed by atoms with Gasteiger partial charge in [0.15, 0.2) is 5.69 Å². The van der Waals surface area contributed by atoms with Gasteiger partial charge in [-0.2, -0.15) is 0 Å². The number of rotatable bonds is 5. The van der Waals surface area contributed by atoms with E-state index in [1.165, 1.54) is 0 Å². The molecule has 1 saturated heterocycles. The lowest BCUT2D eigenvalue weighted by Crippen LogP contribution is -2.30. The lowest BCUT2D eigenvalue weighted by Gasteiger charge is -2.22. The maximum atomic E-state index is 12.2. The number of carbonyl (C=O) groups excluding carboxylic acids is 1. The summed E-state index contributed by atoms with van der Waals surface area (Å²) in [5.74, 6) is -0.344. The number of benzene rings is 1. The second kappa shape index (κ2) is 7.74. The third-order valence-electron chi connectivity index (χ3n) is 4.14. The number of aliphatic hydroxyl groups is 1. The minimum Gasteiger partial charge on any atom is -0.387 e. The van der Waals surface area contributed by atoms with E-state index >= 15 is 0 Å². The lowest BCUT2D eigenvalue weighted by atomic mass is 10.1. The van der Waals surface area contributed by atoms with Crippen molar-refractivity contribution in [3.63, 3.8) is 0 Å². The topological polar surface area (TPSA) is 92.1 Å². The van der Waals surface area contributed by atoms with Gasteiger partial charge in [0.1, 0.15) is 0 Å². The summed E-state index contributed by atoms with van der Waals surface area (Å²) < 4.78 is 1.76. The summed E-state index contributed by atoms with van der Waals surface area (Å²) in [5, 5.41) is 24.7. The number of hydrogen-bond donors (Lipinski definition) is 3. The molecule has 0 unspecified atom stereocenters. The highest BCUT2D eigenvalue weighted by atomic mass is 35.5. The van der Waals surface area contributed by atoms with E-state index in [0.29, 0.717) is 10.6 Å². The highest BCUT2D eigenvalue weighted by Crippen LogP contribution is 2.18. The number of hydrogen-bond acceptors (Lipinski definition) is 5. The van der Waals surface area contributed by atoms with Crippen LogP contribution in [0.5, 0.6) is 0 Å². The first-order chi connectivity index (χ1) is 11.6. The van der Waals surface area contributed by atoms with Crippen LogP contribution in [-0.2, 0) is 0 Å². The van der Waals surface area contributed by atoms with Crippen LogP contribution in [0.4, 0.5) is 0 Å². The monoisotopic (exact) mass is 349 g/mol. The normalized spacial score (nSPS) is 16.8. The van der Waals surface area contributed by atoms with E-state index in [1.54, 1.807) is 35.1 Å². The first-order valence-electron chi connectivity index (χ1n) is 7.98. The fraction of sp³-hybridized carbons (Fsp3) is 0.438. The molecule has 2 aromatic rings. The number of nitrogens with zero attached hydrogens (tertiary/aromatic N) is 3. The van der Waals surface area contributed by atoms with E-state index in [4.69, 9.17) is 11.6 Å². The smallest absolute Gasteiger partial charge is 0.273 e. The van der Waals surface area contributed by atoms with Gasteiger partial charge in [0.05, 0.1) is 18.3 Å². The molecule has 1 aromatic heterocycles. The summed E-state index contributed by atoms with van der Waals surface area (Å²) in [7, 11) is 0. The first-order valence-corrected chi connectivity index (χ1v) is 8.35. The van der Waals surface area contributed by atoms with Crippen molar-refractivity contribution in [2.75, 3.05) is 19.6 Å². The van der Waals surface area contributed by atoms with E-state index in [2.05, 4.69) is 20.9 Å². The number of piperidine rings is 1. The van der Waals surface area contributed by atoms with Crippen LogP contribution in [0.1, 0.15) is 41.0 Å². The summed E-state index contributed by atoms with van der Waals surface area (Å²) in [4.78, 5) is 12.2. The van der Waals surface area contributed by atoms with Crippen molar-refractivity contribution in [1.29, 1.82) is 0 Å². The molecule has 0 spiro atoms. The van der Waals surface area contributed by atoms with Gasteiger partial charge < -0.3 is 15.7 Å². The molecule has 3 N–H and O–H groups in total. The van der Waals surface area contributed by atoms with Crippen molar-refractivity contribution in [3.05, 3.63) is 46.7 Å². The maximum Gasteiger partial charge on any atom is 0.273 e. The third-order valence-corrected chi connectivity index (χ3v) is 4.39. The molecule has 8 heteroatoms. The Labute approximate surface area is 145 Å². The molecule has 7 nitrogen and oxygen atoms in total. The van der Waals surface area contributed by atoms with Crippen molar-refractivity contribution >= 4 is 17.5 Å². The van der Waals surface area contributed by atoms with Gasteiger partial charge in [-0.05, 0) is 43.6 Å². The van der Waals surface area contributed by atoms with E-state index in [0.717, 1.165) is 25.9 Å². The fourth-order valence-electron chi connectivity index (χ4n) is 2.71. The molecule has 0 aliphatic carbocycles. The summed E-state index contributed by atoms with van der Waals surface area (Å²) in [5.41, 5.74) is 0.954. The van der Waals surface area contributed by atoms with Gasteiger partial charge in [-0.25, -0.2) is 4.68 Å². The highest BCUT2D eigenvalue weighted by Gasteiger charge is 2.19. The predicted molar refractivity (Wildman–Crippen MR) is 89.9 cm³/mol. The van der Waals surface area contributed by atoms with Crippen molar-refractivity contribution in [3.8, 4) is 0 Å². The van der Waals surface area contributed by atoms with Crippen molar-refractivity contribution in [2.24, 2.45) is 0 Å². The van der Waals surface area contributed by atoms with Gasteiger partial charge in [-0.3, -0.25) is 4.79 Å². The number of nitrogens with one attached hydrogen (secondary N) is 2. The molecule has 2 heterocycles. The molecule has 1 aliphatic heterocycles. The zero-order valence-electron chi connectivity index (χ0n) is 13.2. The molecule has 24 heavy (non-hydrogen) atoms. The second-order valence-corrected chi connectivity index (χ2v) is 6.28. The molecule has 128 valence electrons. The molecule has 1 aromatic carbocycles. The zero-order chi connectivity index (χ0) is 16.9. The van der Waals surface area contributed by atoms with Crippen molar-refractivity contribution in [1.82, 2.24) is 25.6 Å². The lowest BCUT2D eigenvalue weighted by molar-refractivity contribution is 0.0911. The fourth-order valence-corrected chi connectivity index (χ4v) is 2.84. The van der Waals surface area contributed by atoms with Crippen LogP contribution in [0.2, 0.25) is 5.02 Å². The van der Waals surface area contributed by atoms with Gasteiger partial charge in [-0.1, -0.05) is 28.9 Å². The number of carbonyl (C=O) groups is 1. The van der Waals surface area contributed by atoms with Crippen molar-refractivity contribution < 1.29 is 9.90 Å². The van der Waals surface area contributed by atoms with Crippen LogP contribution in [-0.4, -0.2) is 45.6 Å². The number of halogens is 1. The predicted octanol–water partition coefficient (Wildman–Crippen LogP) is 1.32. The molecular weight excluding hydrogens is 330 g/mol. The quantitative estimate of drug-likeness (QED) is 0.757. The Bertz CT molecular complexity index is 682. The minimum absolute atomic E-state index is 0.0979. The van der Waals surface area contributed by atoms with E-state index < -0.39 is 6.10 Å². The zero-order valence-corrected chi connectivity index (χ0v) is 13.9. The Morgan fingerprint density at radius 2 is 2.08 bits per heavy atom. The minimum atomic E-state index is -0.800. The van der Waals surface area contributed by atoms with Gasteiger partial charge in [-0.15, -0.1) is 5.10 Å². The van der Waals surface area contributed by atoms with Gasteiger partial charge >= 0.3 is 0 Å². The number of aliphatic hydroxyl groups excluding tert-OH is 1. The molecule has 1 aliphatic rings. The summed E-state index contributed by atoms with van der Waals surface area (Å²) in [6.07, 6.45) is 2.81. The largest absolute Gasteiger partial charge is 0.387 e. The van der Waals surface area contributed by atoms with Crippen LogP contribution >= 0.6 is 11.6 Å². The number of amides is 1. The van der Waals surface area contributed by atoms with Crippen LogP contribution in [0.3, 0.4) is 0 Å². The molecule has 0 saturated carbocycles. The average Bonchev–Trinajstić information content (AvgIpc) is 3.11. The summed E-state index contributed by atoms with van der Waals surface area (Å²) in [6.45, 7) is 1.99. The third kappa shape index (κ3) is 4.11. The van der Waals surface area contributed by atoms with Crippen LogP contribution in [0.25, 0.3) is 0 Å². The van der Waals surface area contributed by atoms with Crippen molar-refractivity contribution in [2.45, 2.75) is 25.0 Å². The molecule has 0 radical (unpaired) electrons. The maximum absolute atomic E-state index is 12.2. The Morgan fingerprint density at radius 1 is 1.38 bits per heavy atom. The molecular formula is C16H20ClN5O2. The highest BCUT2D eigenvalue weighted by molar-refractivity contribution is 6.30. The Kier molecular flexibility index (Phi) is 5.44. The van der Waals surface area contributed by atoms with Gasteiger partial charge in [0.2, 0.25) is 0 Å². The molecule has 0 bridgehead atoms. The Morgan fingerprint density at radius 3 is 2.79 bits per heavy atom. The van der Waals surface area contributed by atoms with Crippen LogP contribution in [0.15, 0.2) is 30.5 Å². The average molecular weight is 350 g/mol. The SMILES string of the molecule is O=C(NC[C@@H](O)c1ccc(Cl)cc1)c1cn(C2CCNCC2)nn1. The number of aromatic nitrogens is 3. The van der Waals surface area contributed by atoms with E-state index in [9.17, 15) is 9.90 Å². The van der Waals surface area contributed by atoms with Gasteiger partial charge in [0, 0.05) is 11.6 Å². The van der Waals surface area contributed by atoms with Gasteiger partial charge in [0.25, 0.3) is 5.91 Å². The standard InChI is InChI=1S/C16H20ClN5O2/c17-12-3-1-11(2-4-12)15(23)9-19-16(24)14-10-22(21-20-14)13-5-7-18-8-6-13/h1-4,10,13,15,18,23H,5-9H2,(H,19,24)/t15-/m1/s1.